The molecule has 0 amide bonds. The lowest BCUT2D eigenvalue weighted by atomic mass is 10.2. The van der Waals surface area contributed by atoms with E-state index in [4.69, 9.17) is 22.2 Å². The normalized spacial score (nSPS) is 12.3. The minimum absolute atomic E-state index is 0.00271. The lowest BCUT2D eigenvalue weighted by Gasteiger charge is -2.08. The first-order chi connectivity index (χ1) is 10.9. The number of oxime groups is 1. The molecule has 0 aliphatic rings. The molecule has 23 heavy (non-hydrogen) atoms. The first-order valence-electron chi connectivity index (χ1n) is 6.40. The number of thioether (sulfide) groups is 1. The standard InChI is InChI=1S/C15H12ClF3N2OS/c16-12-8-11(15(17,18)19)6-7-13(12)22-21-14(20)23-9-10-4-2-1-3-5-10/h1-8H,9H2,(H2,20,21). The molecule has 0 bridgehead atoms. The van der Waals surface area contributed by atoms with Crippen molar-refractivity contribution < 1.29 is 18.0 Å². The van der Waals surface area contributed by atoms with Gasteiger partial charge in [0.2, 0.25) is 0 Å². The molecule has 0 spiro atoms. The van der Waals surface area contributed by atoms with Crippen LogP contribution in [0.2, 0.25) is 5.02 Å². The Bertz CT molecular complexity index is 693. The number of nitrogens with zero attached hydrogens (tertiary/aromatic N) is 1. The number of hydrogen-bond donors (Lipinski definition) is 1. The summed E-state index contributed by atoms with van der Waals surface area (Å²) in [7, 11) is 0. The van der Waals surface area contributed by atoms with Crippen LogP contribution in [0, 0.1) is 0 Å². The van der Waals surface area contributed by atoms with Gasteiger partial charge in [0.05, 0.1) is 10.6 Å². The van der Waals surface area contributed by atoms with E-state index in [1.54, 1.807) is 0 Å². The maximum Gasteiger partial charge on any atom is 0.416 e. The van der Waals surface area contributed by atoms with Crippen molar-refractivity contribution >= 4 is 28.5 Å². The summed E-state index contributed by atoms with van der Waals surface area (Å²) in [6.07, 6.45) is -4.46. The Hall–Kier alpha value is -1.86. The monoisotopic (exact) mass is 360 g/mol. The largest absolute Gasteiger partial charge is 0.416 e. The van der Waals surface area contributed by atoms with Gasteiger partial charge in [-0.1, -0.05) is 58.9 Å². The molecule has 0 unspecified atom stereocenters. The van der Waals surface area contributed by atoms with Gasteiger partial charge in [-0.25, -0.2) is 0 Å². The van der Waals surface area contributed by atoms with Crippen LogP contribution in [0.5, 0.6) is 5.75 Å². The lowest BCUT2D eigenvalue weighted by Crippen LogP contribution is -2.09. The third-order valence-electron chi connectivity index (χ3n) is 2.72. The van der Waals surface area contributed by atoms with Crippen molar-refractivity contribution in [3.8, 4) is 5.75 Å². The van der Waals surface area contributed by atoms with Gasteiger partial charge in [-0.3, -0.25) is 0 Å². The van der Waals surface area contributed by atoms with Gasteiger partial charge in [0, 0.05) is 5.75 Å². The number of rotatable bonds is 4. The second-order valence-corrected chi connectivity index (χ2v) is 5.84. The number of benzene rings is 2. The SMILES string of the molecule is NC(=NOc1ccc(C(F)(F)F)cc1Cl)SCc1ccccc1. The van der Waals surface area contributed by atoms with Crippen molar-refractivity contribution in [2.45, 2.75) is 11.9 Å². The lowest BCUT2D eigenvalue weighted by molar-refractivity contribution is -0.137. The smallest absolute Gasteiger partial charge is 0.376 e. The van der Waals surface area contributed by atoms with E-state index in [0.717, 1.165) is 23.8 Å². The molecule has 0 aliphatic carbocycles. The van der Waals surface area contributed by atoms with E-state index in [0.29, 0.717) is 5.75 Å². The molecule has 0 radical (unpaired) electrons. The third kappa shape index (κ3) is 5.37. The Labute approximate surface area is 140 Å². The predicted molar refractivity (Wildman–Crippen MR) is 86.4 cm³/mol. The van der Waals surface area contributed by atoms with Gasteiger partial charge in [0.15, 0.2) is 10.9 Å². The zero-order valence-corrected chi connectivity index (χ0v) is 13.3. The molecule has 8 heteroatoms. The van der Waals surface area contributed by atoms with Crippen LogP contribution in [0.25, 0.3) is 0 Å². The molecule has 0 aromatic heterocycles. The van der Waals surface area contributed by atoms with Crippen molar-refractivity contribution in [2.75, 3.05) is 0 Å². The Morgan fingerprint density at radius 1 is 1.17 bits per heavy atom. The van der Waals surface area contributed by atoms with E-state index in [-0.39, 0.29) is 15.9 Å². The molecule has 2 aromatic carbocycles. The summed E-state index contributed by atoms with van der Waals surface area (Å²) in [6, 6.07) is 12.3. The molecule has 0 aliphatic heterocycles. The van der Waals surface area contributed by atoms with Crippen LogP contribution in [0.4, 0.5) is 13.2 Å². The van der Waals surface area contributed by atoms with Crippen LogP contribution in [-0.2, 0) is 11.9 Å². The molecular formula is C15H12ClF3N2OS. The highest BCUT2D eigenvalue weighted by Crippen LogP contribution is 2.34. The molecule has 0 heterocycles. The number of hydrogen-bond acceptors (Lipinski definition) is 3. The quantitative estimate of drug-likeness (QED) is 0.479. The molecular weight excluding hydrogens is 349 g/mol. The Morgan fingerprint density at radius 2 is 1.87 bits per heavy atom. The average Bonchev–Trinajstić information content (AvgIpc) is 2.51. The highest BCUT2D eigenvalue weighted by molar-refractivity contribution is 8.13. The van der Waals surface area contributed by atoms with Gasteiger partial charge in [-0.05, 0) is 23.8 Å². The third-order valence-corrected chi connectivity index (χ3v) is 3.87. The molecule has 0 saturated heterocycles. The summed E-state index contributed by atoms with van der Waals surface area (Å²) in [6.45, 7) is 0. The first kappa shape index (κ1) is 17.5. The van der Waals surface area contributed by atoms with Crippen LogP contribution in [0.3, 0.4) is 0 Å². The number of amidine groups is 1. The van der Waals surface area contributed by atoms with E-state index in [1.807, 2.05) is 30.3 Å². The van der Waals surface area contributed by atoms with Crippen molar-refractivity contribution in [1.29, 1.82) is 0 Å². The predicted octanol–water partition coefficient (Wildman–Crippen LogP) is 4.90. The summed E-state index contributed by atoms with van der Waals surface area (Å²) in [4.78, 5) is 5.00. The van der Waals surface area contributed by atoms with Gasteiger partial charge >= 0.3 is 6.18 Å². The second-order valence-electron chi connectivity index (χ2n) is 4.44. The summed E-state index contributed by atoms with van der Waals surface area (Å²) in [5, 5.41) is 3.61. The highest BCUT2D eigenvalue weighted by Gasteiger charge is 2.31. The number of halogens is 4. The van der Waals surface area contributed by atoms with E-state index in [1.165, 1.54) is 11.8 Å². The van der Waals surface area contributed by atoms with Crippen LogP contribution in [-0.4, -0.2) is 5.17 Å². The molecule has 3 nitrogen and oxygen atoms in total. The molecule has 0 fully saturated rings. The molecule has 122 valence electrons. The number of nitrogens with two attached hydrogens (primary N) is 1. The van der Waals surface area contributed by atoms with Crippen molar-refractivity contribution in [2.24, 2.45) is 10.9 Å². The van der Waals surface area contributed by atoms with Gasteiger partial charge in [0.1, 0.15) is 0 Å². The van der Waals surface area contributed by atoms with Crippen LogP contribution >= 0.6 is 23.4 Å². The fourth-order valence-electron chi connectivity index (χ4n) is 1.60. The van der Waals surface area contributed by atoms with E-state index in [9.17, 15) is 13.2 Å². The average molecular weight is 361 g/mol. The number of alkyl halides is 3. The second kappa shape index (κ2) is 7.61. The molecule has 0 atom stereocenters. The fourth-order valence-corrected chi connectivity index (χ4v) is 2.42. The Morgan fingerprint density at radius 3 is 2.48 bits per heavy atom. The summed E-state index contributed by atoms with van der Waals surface area (Å²) in [5.41, 5.74) is 5.89. The van der Waals surface area contributed by atoms with Crippen LogP contribution in [0.1, 0.15) is 11.1 Å². The van der Waals surface area contributed by atoms with Gasteiger partial charge < -0.3 is 10.6 Å². The molecule has 0 saturated carbocycles. The maximum absolute atomic E-state index is 12.5. The maximum atomic E-state index is 12.5. The molecule has 2 N–H and O–H groups in total. The molecule has 2 aromatic rings. The minimum Gasteiger partial charge on any atom is -0.376 e. The summed E-state index contributed by atoms with van der Waals surface area (Å²) >= 11 is 6.99. The van der Waals surface area contributed by atoms with Crippen LogP contribution in [0.15, 0.2) is 53.7 Å². The van der Waals surface area contributed by atoms with Gasteiger partial charge in [-0.15, -0.1) is 0 Å². The van der Waals surface area contributed by atoms with E-state index < -0.39 is 11.7 Å². The van der Waals surface area contributed by atoms with Crippen molar-refractivity contribution in [1.82, 2.24) is 0 Å². The zero-order valence-electron chi connectivity index (χ0n) is 11.7. The van der Waals surface area contributed by atoms with Crippen LogP contribution < -0.4 is 10.6 Å². The van der Waals surface area contributed by atoms with Gasteiger partial charge in [0.25, 0.3) is 0 Å². The Balaban J connectivity index is 1.96. The van der Waals surface area contributed by atoms with E-state index >= 15 is 0 Å². The first-order valence-corrected chi connectivity index (χ1v) is 7.76. The molecule has 2 rings (SSSR count). The summed E-state index contributed by atoms with van der Waals surface area (Å²) < 4.78 is 37.6. The van der Waals surface area contributed by atoms with Crippen molar-refractivity contribution in [3.63, 3.8) is 0 Å². The topological polar surface area (TPSA) is 47.6 Å². The zero-order chi connectivity index (χ0) is 16.9. The van der Waals surface area contributed by atoms with E-state index in [2.05, 4.69) is 5.16 Å². The van der Waals surface area contributed by atoms with Gasteiger partial charge in [-0.2, -0.15) is 13.2 Å². The summed E-state index contributed by atoms with van der Waals surface area (Å²) in [5.74, 6) is 0.600. The van der Waals surface area contributed by atoms with Crippen molar-refractivity contribution in [3.05, 3.63) is 64.7 Å². The minimum atomic E-state index is -4.46. The highest BCUT2D eigenvalue weighted by atomic mass is 35.5. The fraction of sp³-hybridized carbons (Fsp3) is 0.133. The Kier molecular flexibility index (Phi) is 5.79.